The van der Waals surface area contributed by atoms with E-state index in [1.54, 1.807) is 54.5 Å². The fourth-order valence-corrected chi connectivity index (χ4v) is 3.40. The third-order valence-electron chi connectivity index (χ3n) is 5.46. The summed E-state index contributed by atoms with van der Waals surface area (Å²) in [5.41, 5.74) is 2.50. The molecule has 0 bridgehead atoms. The molecule has 36 heavy (non-hydrogen) atoms. The number of halogens is 1. The Balaban J connectivity index is 0.000000253. The summed E-state index contributed by atoms with van der Waals surface area (Å²) in [6.07, 6.45) is 6.25. The number of fused-ring (bicyclic) bond motifs is 1. The Bertz CT molecular complexity index is 1390. The minimum Gasteiger partial charge on any atom is -0.478 e. The van der Waals surface area contributed by atoms with Gasteiger partial charge in [0.05, 0.1) is 28.5 Å². The van der Waals surface area contributed by atoms with Gasteiger partial charge in [0.25, 0.3) is 0 Å². The number of rotatable bonds is 6. The molecule has 4 rings (SSSR count). The first-order valence-corrected chi connectivity index (χ1v) is 11.4. The van der Waals surface area contributed by atoms with Crippen molar-refractivity contribution in [3.05, 3.63) is 77.5 Å². The summed E-state index contributed by atoms with van der Waals surface area (Å²) in [6, 6.07) is 9.68. The first-order chi connectivity index (χ1) is 17.0. The molecule has 0 saturated heterocycles. The SMILES string of the molecule is CC(C)(C)n1cc(NC=O)cn1.CCc1ccc(Oc2ccnc3ccc(C(=O)O)cc23)c(C)c1F. The maximum atomic E-state index is 14.3. The molecule has 0 spiro atoms. The van der Waals surface area contributed by atoms with Gasteiger partial charge in [-0.25, -0.2) is 9.18 Å². The van der Waals surface area contributed by atoms with E-state index >= 15 is 0 Å². The lowest BCUT2D eigenvalue weighted by Gasteiger charge is -2.18. The van der Waals surface area contributed by atoms with Gasteiger partial charge < -0.3 is 15.2 Å². The van der Waals surface area contributed by atoms with Crippen molar-refractivity contribution in [3.63, 3.8) is 0 Å². The molecule has 8 nitrogen and oxygen atoms in total. The summed E-state index contributed by atoms with van der Waals surface area (Å²) in [5, 5.41) is 16.4. The van der Waals surface area contributed by atoms with Crippen LogP contribution in [0.2, 0.25) is 0 Å². The number of aryl methyl sites for hydroxylation is 1. The molecule has 0 saturated carbocycles. The summed E-state index contributed by atoms with van der Waals surface area (Å²) in [4.78, 5) is 25.5. The van der Waals surface area contributed by atoms with Gasteiger partial charge in [-0.1, -0.05) is 13.0 Å². The molecular weight excluding hydrogens is 463 g/mol. The normalized spacial score (nSPS) is 10.9. The van der Waals surface area contributed by atoms with Crippen LogP contribution in [0, 0.1) is 12.7 Å². The van der Waals surface area contributed by atoms with Gasteiger partial charge >= 0.3 is 5.97 Å². The molecule has 9 heteroatoms. The molecule has 2 aromatic carbocycles. The van der Waals surface area contributed by atoms with Crippen molar-refractivity contribution >= 4 is 29.0 Å². The number of pyridine rings is 1. The Morgan fingerprint density at radius 3 is 2.56 bits per heavy atom. The fourth-order valence-electron chi connectivity index (χ4n) is 3.40. The maximum absolute atomic E-state index is 14.3. The van der Waals surface area contributed by atoms with E-state index in [0.29, 0.717) is 46.4 Å². The first kappa shape index (κ1) is 26.3. The van der Waals surface area contributed by atoms with Gasteiger partial charge in [0.15, 0.2) is 0 Å². The van der Waals surface area contributed by atoms with Crippen LogP contribution in [0.4, 0.5) is 10.1 Å². The van der Waals surface area contributed by atoms with E-state index in [2.05, 4.69) is 15.4 Å². The van der Waals surface area contributed by atoms with Gasteiger partial charge in [0, 0.05) is 23.3 Å². The van der Waals surface area contributed by atoms with Gasteiger partial charge in [-0.3, -0.25) is 14.5 Å². The zero-order valence-electron chi connectivity index (χ0n) is 20.9. The highest BCUT2D eigenvalue weighted by Gasteiger charge is 2.14. The number of hydrogen-bond acceptors (Lipinski definition) is 5. The Morgan fingerprint density at radius 2 is 1.94 bits per heavy atom. The van der Waals surface area contributed by atoms with E-state index in [9.17, 15) is 14.0 Å². The summed E-state index contributed by atoms with van der Waals surface area (Å²) in [6.45, 7) is 9.69. The van der Waals surface area contributed by atoms with Gasteiger partial charge in [0.1, 0.15) is 17.3 Å². The summed E-state index contributed by atoms with van der Waals surface area (Å²) < 4.78 is 21.9. The Morgan fingerprint density at radius 1 is 1.19 bits per heavy atom. The summed E-state index contributed by atoms with van der Waals surface area (Å²) >= 11 is 0. The molecular formula is C27H29FN4O4. The van der Waals surface area contributed by atoms with E-state index in [1.165, 1.54) is 12.1 Å². The largest absolute Gasteiger partial charge is 0.478 e. The van der Waals surface area contributed by atoms with Crippen LogP contribution in [0.5, 0.6) is 11.5 Å². The lowest BCUT2D eigenvalue weighted by molar-refractivity contribution is -0.105. The number of carboxylic acid groups (broad SMARTS) is 1. The minimum atomic E-state index is -1.03. The van der Waals surface area contributed by atoms with Crippen molar-refractivity contribution in [2.75, 3.05) is 5.32 Å². The monoisotopic (exact) mass is 492 g/mol. The van der Waals surface area contributed by atoms with Crippen LogP contribution in [-0.2, 0) is 16.8 Å². The van der Waals surface area contributed by atoms with Gasteiger partial charge in [-0.05, 0) is 70.0 Å². The number of benzene rings is 2. The molecule has 188 valence electrons. The van der Waals surface area contributed by atoms with Crippen molar-refractivity contribution in [1.29, 1.82) is 0 Å². The zero-order valence-corrected chi connectivity index (χ0v) is 20.9. The highest BCUT2D eigenvalue weighted by atomic mass is 19.1. The number of nitrogens with one attached hydrogen (secondary N) is 1. The average molecular weight is 493 g/mol. The molecule has 0 aliphatic heterocycles. The number of nitrogens with zero attached hydrogens (tertiary/aromatic N) is 3. The molecule has 0 fully saturated rings. The molecule has 0 unspecified atom stereocenters. The molecule has 2 N–H and O–H groups in total. The predicted molar refractivity (Wildman–Crippen MR) is 136 cm³/mol. The number of hydrogen-bond donors (Lipinski definition) is 2. The van der Waals surface area contributed by atoms with Crippen molar-refractivity contribution < 1.29 is 23.8 Å². The topological polar surface area (TPSA) is 106 Å². The van der Waals surface area contributed by atoms with Crippen LogP contribution < -0.4 is 10.1 Å². The smallest absolute Gasteiger partial charge is 0.335 e. The second kappa shape index (κ2) is 11.0. The lowest BCUT2D eigenvalue weighted by Crippen LogP contribution is -2.21. The van der Waals surface area contributed by atoms with Crippen molar-refractivity contribution in [3.8, 4) is 11.5 Å². The standard InChI is InChI=1S/C19H16FNO3.C8H13N3O/c1-3-12-5-7-16(11(2)18(12)20)24-17-8-9-21-15-6-4-13(19(22)23)10-14(15)17;1-8(2,3)11-5-7(4-10-11)9-6-12/h4-10H,3H2,1-2H3,(H,22,23);4-6H,1-3H3,(H,9,12). The molecule has 2 heterocycles. The molecule has 2 aromatic heterocycles. The number of aromatic carboxylic acids is 1. The number of carbonyl (C=O) groups is 2. The number of anilines is 1. The predicted octanol–water partition coefficient (Wildman–Crippen LogP) is 5.94. The average Bonchev–Trinajstić information content (AvgIpc) is 3.32. The molecule has 4 aromatic rings. The van der Waals surface area contributed by atoms with E-state index < -0.39 is 5.97 Å². The number of aromatic nitrogens is 3. The van der Waals surface area contributed by atoms with Crippen LogP contribution in [0.1, 0.15) is 49.2 Å². The quantitative estimate of drug-likeness (QED) is 0.323. The number of amides is 1. The highest BCUT2D eigenvalue weighted by molar-refractivity contribution is 5.95. The maximum Gasteiger partial charge on any atom is 0.335 e. The Labute approximate surface area is 208 Å². The van der Waals surface area contributed by atoms with E-state index in [-0.39, 0.29) is 16.9 Å². The second-order valence-electron chi connectivity index (χ2n) is 9.07. The molecule has 0 atom stereocenters. The highest BCUT2D eigenvalue weighted by Crippen LogP contribution is 2.33. The van der Waals surface area contributed by atoms with Gasteiger partial charge in [-0.15, -0.1) is 0 Å². The number of carboxylic acids is 1. The van der Waals surface area contributed by atoms with Crippen LogP contribution in [0.25, 0.3) is 10.9 Å². The number of carbonyl (C=O) groups excluding carboxylic acids is 1. The lowest BCUT2D eigenvalue weighted by atomic mass is 10.1. The van der Waals surface area contributed by atoms with Gasteiger partial charge in [0.2, 0.25) is 6.41 Å². The van der Waals surface area contributed by atoms with Crippen LogP contribution in [0.15, 0.2) is 55.0 Å². The second-order valence-corrected chi connectivity index (χ2v) is 9.07. The number of ether oxygens (including phenoxy) is 1. The molecule has 0 radical (unpaired) electrons. The van der Waals surface area contributed by atoms with E-state index in [4.69, 9.17) is 9.84 Å². The van der Waals surface area contributed by atoms with E-state index in [1.807, 2.05) is 27.7 Å². The minimum absolute atomic E-state index is 0.0389. The summed E-state index contributed by atoms with van der Waals surface area (Å²) in [5.74, 6) is -0.464. The fraction of sp³-hybridized carbons (Fsp3) is 0.259. The first-order valence-electron chi connectivity index (χ1n) is 11.4. The molecule has 0 aliphatic rings. The summed E-state index contributed by atoms with van der Waals surface area (Å²) in [7, 11) is 0. The van der Waals surface area contributed by atoms with Crippen molar-refractivity contribution in [2.24, 2.45) is 0 Å². The molecule has 1 amide bonds. The zero-order chi connectivity index (χ0) is 26.5. The van der Waals surface area contributed by atoms with Gasteiger partial charge in [-0.2, -0.15) is 5.10 Å². The molecule has 0 aliphatic carbocycles. The Kier molecular flexibility index (Phi) is 8.03. The van der Waals surface area contributed by atoms with E-state index in [0.717, 1.165) is 5.69 Å². The third kappa shape index (κ3) is 6.04. The van der Waals surface area contributed by atoms with Crippen molar-refractivity contribution in [1.82, 2.24) is 14.8 Å². The van der Waals surface area contributed by atoms with Crippen molar-refractivity contribution in [2.45, 2.75) is 46.6 Å². The van der Waals surface area contributed by atoms with Crippen LogP contribution >= 0.6 is 0 Å². The Hall–Kier alpha value is -4.27. The third-order valence-corrected chi connectivity index (χ3v) is 5.46. The van der Waals surface area contributed by atoms with Crippen LogP contribution in [-0.4, -0.2) is 32.3 Å². The van der Waals surface area contributed by atoms with Crippen LogP contribution in [0.3, 0.4) is 0 Å².